The van der Waals surface area contributed by atoms with E-state index in [2.05, 4.69) is 0 Å². The zero-order valence-electron chi connectivity index (χ0n) is 9.25. The lowest BCUT2D eigenvalue weighted by Crippen LogP contribution is -2.30. The van der Waals surface area contributed by atoms with Gasteiger partial charge in [0.25, 0.3) is 0 Å². The van der Waals surface area contributed by atoms with Crippen LogP contribution in [0.15, 0.2) is 18.2 Å². The Hall–Kier alpha value is -0.860. The van der Waals surface area contributed by atoms with Crippen LogP contribution in [0.2, 0.25) is 5.02 Å². The van der Waals surface area contributed by atoms with Crippen molar-refractivity contribution in [1.29, 1.82) is 0 Å². The van der Waals surface area contributed by atoms with Crippen molar-refractivity contribution in [1.82, 2.24) is 0 Å². The third-order valence-corrected chi connectivity index (χ3v) is 3.07. The van der Waals surface area contributed by atoms with Gasteiger partial charge in [-0.3, -0.25) is 4.79 Å². The van der Waals surface area contributed by atoms with Crippen molar-refractivity contribution < 1.29 is 4.79 Å². The van der Waals surface area contributed by atoms with E-state index in [1.54, 1.807) is 12.1 Å². The minimum atomic E-state index is -0.177. The van der Waals surface area contributed by atoms with Crippen LogP contribution in [0.25, 0.3) is 0 Å². The quantitative estimate of drug-likeness (QED) is 0.804. The van der Waals surface area contributed by atoms with E-state index in [1.807, 2.05) is 26.8 Å². The fourth-order valence-corrected chi connectivity index (χ4v) is 1.43. The normalized spacial score (nSPS) is 14.7. The van der Waals surface area contributed by atoms with E-state index in [4.69, 9.17) is 17.3 Å². The molecule has 0 amide bonds. The summed E-state index contributed by atoms with van der Waals surface area (Å²) in [6.07, 6.45) is 0. The highest BCUT2D eigenvalue weighted by molar-refractivity contribution is 6.31. The first-order valence-corrected chi connectivity index (χ1v) is 5.37. The van der Waals surface area contributed by atoms with Crippen molar-refractivity contribution in [2.75, 3.05) is 0 Å². The minimum absolute atomic E-state index is 0.0481. The molecule has 2 unspecified atom stereocenters. The molecule has 1 rings (SSSR count). The molecule has 0 saturated heterocycles. The maximum absolute atomic E-state index is 11.9. The molecule has 0 spiro atoms. The van der Waals surface area contributed by atoms with E-state index in [0.717, 1.165) is 5.56 Å². The lowest BCUT2D eigenvalue weighted by molar-refractivity contribution is 0.0917. The number of hydrogen-bond donors (Lipinski definition) is 1. The second-order valence-corrected chi connectivity index (χ2v) is 4.38. The monoisotopic (exact) mass is 225 g/mol. The Balaban J connectivity index is 2.97. The van der Waals surface area contributed by atoms with Crippen LogP contribution in [0.3, 0.4) is 0 Å². The molecule has 15 heavy (non-hydrogen) atoms. The van der Waals surface area contributed by atoms with Gasteiger partial charge in [-0.05, 0) is 25.5 Å². The minimum Gasteiger partial charge on any atom is -0.327 e. The van der Waals surface area contributed by atoms with Gasteiger partial charge >= 0.3 is 0 Å². The molecule has 0 fully saturated rings. The fraction of sp³-hybridized carbons (Fsp3) is 0.417. The number of carbonyl (C=O) groups excluding carboxylic acids is 1. The Kier molecular flexibility index (Phi) is 3.89. The molecule has 0 aliphatic heterocycles. The maximum atomic E-state index is 11.9. The average molecular weight is 226 g/mol. The summed E-state index contributed by atoms with van der Waals surface area (Å²) in [7, 11) is 0. The van der Waals surface area contributed by atoms with Crippen molar-refractivity contribution >= 4 is 17.4 Å². The van der Waals surface area contributed by atoms with Crippen LogP contribution in [-0.4, -0.2) is 11.8 Å². The highest BCUT2D eigenvalue weighted by Gasteiger charge is 2.19. The van der Waals surface area contributed by atoms with Gasteiger partial charge in [-0.15, -0.1) is 0 Å². The van der Waals surface area contributed by atoms with Gasteiger partial charge in [-0.2, -0.15) is 0 Å². The maximum Gasteiger partial charge on any atom is 0.167 e. The smallest absolute Gasteiger partial charge is 0.167 e. The summed E-state index contributed by atoms with van der Waals surface area (Å²) in [4.78, 5) is 11.9. The predicted octanol–water partition coefficient (Wildman–Crippen LogP) is 2.81. The van der Waals surface area contributed by atoms with Crippen molar-refractivity contribution in [3.63, 3.8) is 0 Å². The number of benzene rings is 1. The van der Waals surface area contributed by atoms with E-state index in [9.17, 15) is 4.79 Å². The van der Waals surface area contributed by atoms with Gasteiger partial charge in [0.2, 0.25) is 0 Å². The summed E-state index contributed by atoms with van der Waals surface area (Å²) in [5, 5.41) is 0.623. The molecular weight excluding hydrogens is 210 g/mol. The first-order chi connectivity index (χ1) is 6.93. The molecule has 0 heterocycles. The summed E-state index contributed by atoms with van der Waals surface area (Å²) in [5.41, 5.74) is 7.30. The van der Waals surface area contributed by atoms with E-state index in [1.165, 1.54) is 0 Å². The van der Waals surface area contributed by atoms with Crippen LogP contribution in [0, 0.1) is 12.8 Å². The Morgan fingerprint density at radius 1 is 1.40 bits per heavy atom. The van der Waals surface area contributed by atoms with Gasteiger partial charge in [-0.25, -0.2) is 0 Å². The van der Waals surface area contributed by atoms with Gasteiger partial charge in [0.15, 0.2) is 5.78 Å². The number of Topliss-reactive ketones (excluding diaryl/α,β-unsaturated/α-hetero) is 1. The molecule has 0 aromatic heterocycles. The van der Waals surface area contributed by atoms with Crippen LogP contribution in [-0.2, 0) is 0 Å². The van der Waals surface area contributed by atoms with Crippen LogP contribution in [0.4, 0.5) is 0 Å². The molecule has 0 radical (unpaired) electrons. The van der Waals surface area contributed by atoms with Gasteiger partial charge in [-0.1, -0.05) is 30.7 Å². The molecule has 2 nitrogen and oxygen atoms in total. The van der Waals surface area contributed by atoms with Gasteiger partial charge in [0.05, 0.1) is 0 Å². The molecule has 0 aliphatic rings. The van der Waals surface area contributed by atoms with Crippen LogP contribution in [0.1, 0.15) is 29.8 Å². The first kappa shape index (κ1) is 12.2. The van der Waals surface area contributed by atoms with Crippen LogP contribution >= 0.6 is 11.6 Å². The summed E-state index contributed by atoms with van der Waals surface area (Å²) < 4.78 is 0. The second kappa shape index (κ2) is 4.77. The third-order valence-electron chi connectivity index (χ3n) is 2.66. The summed E-state index contributed by atoms with van der Waals surface area (Å²) in [6, 6.07) is 5.21. The molecule has 0 aliphatic carbocycles. The molecule has 82 valence electrons. The van der Waals surface area contributed by atoms with E-state index in [-0.39, 0.29) is 17.7 Å². The first-order valence-electron chi connectivity index (χ1n) is 4.99. The lowest BCUT2D eigenvalue weighted by Gasteiger charge is -2.14. The summed E-state index contributed by atoms with van der Waals surface area (Å²) in [6.45, 7) is 5.57. The molecule has 1 aromatic carbocycles. The number of halogens is 1. The van der Waals surface area contributed by atoms with E-state index in [0.29, 0.717) is 10.6 Å². The largest absolute Gasteiger partial charge is 0.327 e. The number of carbonyl (C=O) groups is 1. The highest BCUT2D eigenvalue weighted by Crippen LogP contribution is 2.19. The Bertz CT molecular complexity index is 374. The SMILES string of the molecule is Cc1ccc(C(=O)C(C)C(C)N)cc1Cl. The number of rotatable bonds is 3. The second-order valence-electron chi connectivity index (χ2n) is 3.98. The number of aryl methyl sites for hydroxylation is 1. The van der Waals surface area contributed by atoms with Crippen LogP contribution in [0.5, 0.6) is 0 Å². The number of nitrogens with two attached hydrogens (primary N) is 1. The molecule has 1 aromatic rings. The predicted molar refractivity (Wildman–Crippen MR) is 63.3 cm³/mol. The summed E-state index contributed by atoms with van der Waals surface area (Å²) >= 11 is 5.96. The van der Waals surface area contributed by atoms with Crippen LogP contribution < -0.4 is 5.73 Å². The van der Waals surface area contributed by atoms with Gasteiger partial charge < -0.3 is 5.73 Å². The van der Waals surface area contributed by atoms with Crippen molar-refractivity contribution in [2.45, 2.75) is 26.8 Å². The average Bonchev–Trinajstić information content (AvgIpc) is 2.19. The summed E-state index contributed by atoms with van der Waals surface area (Å²) in [5.74, 6) is -0.129. The van der Waals surface area contributed by atoms with Crippen molar-refractivity contribution in [2.24, 2.45) is 11.7 Å². The Morgan fingerprint density at radius 3 is 2.47 bits per heavy atom. The molecule has 0 bridgehead atoms. The number of ketones is 1. The van der Waals surface area contributed by atoms with E-state index >= 15 is 0 Å². The molecule has 0 saturated carbocycles. The molecule has 2 atom stereocenters. The Labute approximate surface area is 95.4 Å². The Morgan fingerprint density at radius 2 is 2.00 bits per heavy atom. The number of hydrogen-bond acceptors (Lipinski definition) is 2. The lowest BCUT2D eigenvalue weighted by atomic mass is 9.93. The standard InChI is InChI=1S/C12H16ClNO/c1-7-4-5-10(6-11(7)13)12(15)8(2)9(3)14/h4-6,8-9H,14H2,1-3H3. The zero-order valence-corrected chi connectivity index (χ0v) is 10.0. The molecular formula is C12H16ClNO. The third kappa shape index (κ3) is 2.80. The fourth-order valence-electron chi connectivity index (χ4n) is 1.25. The molecule has 3 heteroatoms. The molecule has 2 N–H and O–H groups in total. The van der Waals surface area contributed by atoms with Crippen molar-refractivity contribution in [3.8, 4) is 0 Å². The zero-order chi connectivity index (χ0) is 11.6. The van der Waals surface area contributed by atoms with Gasteiger partial charge in [0.1, 0.15) is 0 Å². The van der Waals surface area contributed by atoms with Crippen molar-refractivity contribution in [3.05, 3.63) is 34.3 Å². The van der Waals surface area contributed by atoms with Gasteiger partial charge in [0, 0.05) is 22.5 Å². The van der Waals surface area contributed by atoms with E-state index < -0.39 is 0 Å². The highest BCUT2D eigenvalue weighted by atomic mass is 35.5. The topological polar surface area (TPSA) is 43.1 Å².